The topological polar surface area (TPSA) is 42.1 Å². The van der Waals surface area contributed by atoms with Crippen LogP contribution in [0.25, 0.3) is 0 Å². The molecule has 1 N–H and O–H groups in total. The number of hydrogen-bond acceptors (Lipinski definition) is 2. The summed E-state index contributed by atoms with van der Waals surface area (Å²) in [5.74, 6) is -0.275. The summed E-state index contributed by atoms with van der Waals surface area (Å²) in [5, 5.41) is 0. The SMILES string of the molecule is CC.CCOC(=O)c1[nH]cc(C)c1C. The fourth-order valence-corrected chi connectivity index (χ4v) is 1.01. The standard InChI is InChI=1S/C9H13NO2.C2H6/c1-4-12-9(11)8-7(3)6(2)5-10-8;1-2/h5,10H,4H2,1-3H3;1-2H3. The van der Waals surface area contributed by atoms with E-state index in [1.165, 1.54) is 0 Å². The Labute approximate surface area is 85.5 Å². The number of esters is 1. The van der Waals surface area contributed by atoms with Crippen molar-refractivity contribution >= 4 is 5.97 Å². The van der Waals surface area contributed by atoms with Crippen LogP contribution in [0.2, 0.25) is 0 Å². The van der Waals surface area contributed by atoms with Gasteiger partial charge < -0.3 is 9.72 Å². The van der Waals surface area contributed by atoms with E-state index in [2.05, 4.69) is 4.98 Å². The molecule has 1 rings (SSSR count). The zero-order valence-corrected chi connectivity index (χ0v) is 9.60. The molecule has 0 aliphatic heterocycles. The van der Waals surface area contributed by atoms with Crippen LogP contribution in [0.3, 0.4) is 0 Å². The summed E-state index contributed by atoms with van der Waals surface area (Å²) in [5.41, 5.74) is 2.61. The van der Waals surface area contributed by atoms with Gasteiger partial charge in [0, 0.05) is 6.20 Å². The fourth-order valence-electron chi connectivity index (χ4n) is 1.01. The first kappa shape index (κ1) is 12.8. The van der Waals surface area contributed by atoms with E-state index in [0.717, 1.165) is 11.1 Å². The molecule has 0 aliphatic rings. The minimum Gasteiger partial charge on any atom is -0.461 e. The van der Waals surface area contributed by atoms with Gasteiger partial charge in [-0.05, 0) is 31.9 Å². The van der Waals surface area contributed by atoms with Crippen molar-refractivity contribution in [3.63, 3.8) is 0 Å². The van der Waals surface area contributed by atoms with Crippen molar-refractivity contribution in [2.75, 3.05) is 6.61 Å². The van der Waals surface area contributed by atoms with Crippen molar-refractivity contribution < 1.29 is 9.53 Å². The van der Waals surface area contributed by atoms with Gasteiger partial charge in [0.05, 0.1) is 6.61 Å². The van der Waals surface area contributed by atoms with Crippen molar-refractivity contribution in [2.24, 2.45) is 0 Å². The number of H-pyrrole nitrogens is 1. The molecule has 0 fully saturated rings. The van der Waals surface area contributed by atoms with E-state index in [1.54, 1.807) is 6.92 Å². The molecule has 1 aromatic heterocycles. The maximum atomic E-state index is 11.2. The Hall–Kier alpha value is -1.25. The molecule has 0 saturated carbocycles. The smallest absolute Gasteiger partial charge is 0.355 e. The van der Waals surface area contributed by atoms with E-state index in [4.69, 9.17) is 4.74 Å². The Morgan fingerprint density at radius 2 is 2.00 bits per heavy atom. The summed E-state index contributed by atoms with van der Waals surface area (Å²) in [6.45, 7) is 10.1. The summed E-state index contributed by atoms with van der Waals surface area (Å²) < 4.78 is 4.85. The van der Waals surface area contributed by atoms with E-state index in [9.17, 15) is 4.79 Å². The van der Waals surface area contributed by atoms with Crippen molar-refractivity contribution in [2.45, 2.75) is 34.6 Å². The number of aromatic amines is 1. The zero-order chi connectivity index (χ0) is 11.1. The highest BCUT2D eigenvalue weighted by molar-refractivity contribution is 5.89. The van der Waals surface area contributed by atoms with E-state index >= 15 is 0 Å². The van der Waals surface area contributed by atoms with Crippen LogP contribution in [-0.2, 0) is 4.74 Å². The minimum absolute atomic E-state index is 0.275. The summed E-state index contributed by atoms with van der Waals surface area (Å²) in [4.78, 5) is 14.1. The lowest BCUT2D eigenvalue weighted by Gasteiger charge is -1.99. The van der Waals surface area contributed by atoms with Crippen LogP contribution in [0, 0.1) is 13.8 Å². The molecule has 3 nitrogen and oxygen atoms in total. The van der Waals surface area contributed by atoms with E-state index in [0.29, 0.717) is 12.3 Å². The van der Waals surface area contributed by atoms with Gasteiger partial charge in [0.2, 0.25) is 0 Å². The first-order chi connectivity index (χ1) is 6.66. The van der Waals surface area contributed by atoms with Crippen molar-refractivity contribution in [1.82, 2.24) is 4.98 Å². The van der Waals surface area contributed by atoms with Crippen molar-refractivity contribution in [1.29, 1.82) is 0 Å². The summed E-state index contributed by atoms with van der Waals surface area (Å²) in [6, 6.07) is 0. The zero-order valence-electron chi connectivity index (χ0n) is 9.60. The molecule has 1 heterocycles. The Balaban J connectivity index is 0.000000791. The largest absolute Gasteiger partial charge is 0.461 e. The predicted molar refractivity (Wildman–Crippen MR) is 57.6 cm³/mol. The summed E-state index contributed by atoms with van der Waals surface area (Å²) in [7, 11) is 0. The Bertz CT molecular complexity index is 289. The van der Waals surface area contributed by atoms with Crippen LogP contribution >= 0.6 is 0 Å². The van der Waals surface area contributed by atoms with E-state index in [1.807, 2.05) is 33.9 Å². The third-order valence-electron chi connectivity index (χ3n) is 1.88. The molecule has 0 aliphatic carbocycles. The number of hydrogen-bond donors (Lipinski definition) is 1. The van der Waals surface area contributed by atoms with Crippen LogP contribution in [-0.4, -0.2) is 17.6 Å². The molecule has 80 valence electrons. The number of carbonyl (C=O) groups is 1. The van der Waals surface area contributed by atoms with Gasteiger partial charge in [-0.15, -0.1) is 0 Å². The second-order valence-electron chi connectivity index (χ2n) is 2.69. The first-order valence-electron chi connectivity index (χ1n) is 4.98. The summed E-state index contributed by atoms with van der Waals surface area (Å²) in [6.07, 6.45) is 1.81. The number of nitrogens with one attached hydrogen (secondary N) is 1. The van der Waals surface area contributed by atoms with Crippen LogP contribution < -0.4 is 0 Å². The highest BCUT2D eigenvalue weighted by Crippen LogP contribution is 2.11. The monoisotopic (exact) mass is 197 g/mol. The lowest BCUT2D eigenvalue weighted by molar-refractivity contribution is 0.0519. The molecule has 1 aromatic rings. The molecule has 0 bridgehead atoms. The minimum atomic E-state index is -0.275. The molecule has 0 unspecified atom stereocenters. The number of aryl methyl sites for hydroxylation is 1. The van der Waals surface area contributed by atoms with Crippen LogP contribution in [0.4, 0.5) is 0 Å². The second-order valence-corrected chi connectivity index (χ2v) is 2.69. The highest BCUT2D eigenvalue weighted by atomic mass is 16.5. The third-order valence-corrected chi connectivity index (χ3v) is 1.88. The molecule has 0 amide bonds. The molecule has 0 atom stereocenters. The van der Waals surface area contributed by atoms with Crippen molar-refractivity contribution in [3.05, 3.63) is 23.0 Å². The molecule has 0 radical (unpaired) electrons. The maximum absolute atomic E-state index is 11.2. The van der Waals surface area contributed by atoms with Gasteiger partial charge in [-0.3, -0.25) is 0 Å². The molecular weight excluding hydrogens is 178 g/mol. The number of aromatic nitrogens is 1. The normalized spacial score (nSPS) is 8.93. The second kappa shape index (κ2) is 6.24. The molecule has 0 aromatic carbocycles. The van der Waals surface area contributed by atoms with Gasteiger partial charge in [0.1, 0.15) is 5.69 Å². The number of rotatable bonds is 2. The summed E-state index contributed by atoms with van der Waals surface area (Å²) >= 11 is 0. The highest BCUT2D eigenvalue weighted by Gasteiger charge is 2.12. The predicted octanol–water partition coefficient (Wildman–Crippen LogP) is 2.83. The molecule has 0 spiro atoms. The molecular formula is C11H19NO2. The Kier molecular flexibility index (Phi) is 5.68. The third kappa shape index (κ3) is 2.91. The maximum Gasteiger partial charge on any atom is 0.355 e. The van der Waals surface area contributed by atoms with E-state index < -0.39 is 0 Å². The number of ether oxygens (including phenoxy) is 1. The lowest BCUT2D eigenvalue weighted by atomic mass is 10.2. The Morgan fingerprint density at radius 1 is 1.43 bits per heavy atom. The first-order valence-corrected chi connectivity index (χ1v) is 4.98. The molecule has 3 heteroatoms. The fraction of sp³-hybridized carbons (Fsp3) is 0.545. The quantitative estimate of drug-likeness (QED) is 0.741. The van der Waals surface area contributed by atoms with E-state index in [-0.39, 0.29) is 5.97 Å². The average Bonchev–Trinajstić information content (AvgIpc) is 2.51. The van der Waals surface area contributed by atoms with Gasteiger partial charge in [0.15, 0.2) is 0 Å². The average molecular weight is 197 g/mol. The molecule has 0 saturated heterocycles. The van der Waals surface area contributed by atoms with Crippen molar-refractivity contribution in [3.8, 4) is 0 Å². The van der Waals surface area contributed by atoms with Crippen LogP contribution in [0.15, 0.2) is 6.20 Å². The van der Waals surface area contributed by atoms with Gasteiger partial charge in [-0.1, -0.05) is 13.8 Å². The molecule has 14 heavy (non-hydrogen) atoms. The number of carbonyl (C=O) groups excluding carboxylic acids is 1. The van der Waals surface area contributed by atoms with Crippen LogP contribution in [0.1, 0.15) is 42.4 Å². The van der Waals surface area contributed by atoms with Gasteiger partial charge in [-0.25, -0.2) is 4.79 Å². The van der Waals surface area contributed by atoms with Gasteiger partial charge >= 0.3 is 5.97 Å². The van der Waals surface area contributed by atoms with Crippen LogP contribution in [0.5, 0.6) is 0 Å². The Morgan fingerprint density at radius 3 is 2.36 bits per heavy atom. The van der Waals surface area contributed by atoms with Gasteiger partial charge in [-0.2, -0.15) is 0 Å². The lowest BCUT2D eigenvalue weighted by Crippen LogP contribution is -2.06. The van der Waals surface area contributed by atoms with Gasteiger partial charge in [0.25, 0.3) is 0 Å².